The van der Waals surface area contributed by atoms with Crippen molar-refractivity contribution >= 4 is 12.4 Å². The molecule has 2 nitrogen and oxygen atoms in total. The van der Waals surface area contributed by atoms with Crippen LogP contribution in [0.25, 0.3) is 0 Å². The molecule has 0 aromatic heterocycles. The van der Waals surface area contributed by atoms with Crippen LogP contribution in [0.2, 0.25) is 0 Å². The van der Waals surface area contributed by atoms with E-state index >= 15 is 0 Å². The van der Waals surface area contributed by atoms with Crippen molar-refractivity contribution in [1.82, 2.24) is 4.90 Å². The van der Waals surface area contributed by atoms with Crippen molar-refractivity contribution in [3.05, 3.63) is 29.3 Å². The minimum Gasteiger partial charge on any atom is -0.497 e. The smallest absolute Gasteiger partial charge is 0.119 e. The molecule has 114 valence electrons. The molecular weight excluding hydrogens is 270 g/mol. The van der Waals surface area contributed by atoms with E-state index in [0.717, 1.165) is 11.7 Å². The normalized spacial score (nSPS) is 17.5. The Labute approximate surface area is 129 Å². The van der Waals surface area contributed by atoms with Gasteiger partial charge in [0, 0.05) is 0 Å². The van der Waals surface area contributed by atoms with Crippen LogP contribution in [0.15, 0.2) is 18.2 Å². The van der Waals surface area contributed by atoms with Gasteiger partial charge in [-0.1, -0.05) is 19.9 Å². The average Bonchev–Trinajstić information content (AvgIpc) is 2.47. The summed E-state index contributed by atoms with van der Waals surface area (Å²) >= 11 is 0. The van der Waals surface area contributed by atoms with Gasteiger partial charge in [-0.3, -0.25) is 0 Å². The second-order valence-corrected chi connectivity index (χ2v) is 5.56. The maximum atomic E-state index is 5.31. The summed E-state index contributed by atoms with van der Waals surface area (Å²) in [4.78, 5) is 2.53. The van der Waals surface area contributed by atoms with Crippen LogP contribution in [0, 0.1) is 5.92 Å². The van der Waals surface area contributed by atoms with Crippen molar-refractivity contribution in [2.24, 2.45) is 5.92 Å². The summed E-state index contributed by atoms with van der Waals surface area (Å²) < 4.78 is 5.31. The molecule has 1 unspecified atom stereocenters. The van der Waals surface area contributed by atoms with Gasteiger partial charge in [0.05, 0.1) is 7.11 Å². The molecule has 0 saturated heterocycles. The van der Waals surface area contributed by atoms with E-state index in [1.807, 2.05) is 0 Å². The molecule has 2 rings (SSSR count). The van der Waals surface area contributed by atoms with E-state index in [1.165, 1.54) is 56.4 Å². The molecule has 0 saturated carbocycles. The third kappa shape index (κ3) is 4.39. The lowest BCUT2D eigenvalue weighted by atomic mass is 9.82. The zero-order valence-corrected chi connectivity index (χ0v) is 13.8. The van der Waals surface area contributed by atoms with Gasteiger partial charge >= 0.3 is 0 Å². The Morgan fingerprint density at radius 2 is 1.95 bits per heavy atom. The summed E-state index contributed by atoms with van der Waals surface area (Å²) in [6, 6.07) is 6.58. The molecule has 1 atom stereocenters. The van der Waals surface area contributed by atoms with E-state index < -0.39 is 0 Å². The van der Waals surface area contributed by atoms with Gasteiger partial charge in [-0.25, -0.2) is 0 Å². The van der Waals surface area contributed by atoms with Gasteiger partial charge in [-0.2, -0.15) is 0 Å². The maximum absolute atomic E-state index is 5.31. The van der Waals surface area contributed by atoms with E-state index in [4.69, 9.17) is 4.74 Å². The molecular formula is C17H28ClNO. The highest BCUT2D eigenvalue weighted by atomic mass is 35.5. The molecule has 0 amide bonds. The maximum Gasteiger partial charge on any atom is 0.119 e. The minimum atomic E-state index is 0. The van der Waals surface area contributed by atoms with Gasteiger partial charge in [0.2, 0.25) is 0 Å². The molecule has 0 radical (unpaired) electrons. The summed E-state index contributed by atoms with van der Waals surface area (Å²) in [5, 5.41) is 0. The molecule has 0 spiro atoms. The molecule has 3 heteroatoms. The van der Waals surface area contributed by atoms with E-state index in [0.29, 0.717) is 0 Å². The Morgan fingerprint density at radius 3 is 2.60 bits per heavy atom. The SMILES string of the molecule is CCN(CC)CCC1CCc2cc(OC)ccc2C1.Cl. The van der Waals surface area contributed by atoms with Crippen LogP contribution in [0.5, 0.6) is 5.75 Å². The van der Waals surface area contributed by atoms with E-state index in [1.54, 1.807) is 7.11 Å². The number of hydrogen-bond donors (Lipinski definition) is 0. The summed E-state index contributed by atoms with van der Waals surface area (Å²) in [6.45, 7) is 8.12. The molecule has 0 N–H and O–H groups in total. The largest absolute Gasteiger partial charge is 0.497 e. The lowest BCUT2D eigenvalue weighted by Crippen LogP contribution is -2.27. The molecule has 1 aliphatic rings. The molecule has 1 aliphatic carbocycles. The fraction of sp³-hybridized carbons (Fsp3) is 0.647. The van der Waals surface area contributed by atoms with E-state index in [-0.39, 0.29) is 12.4 Å². The highest BCUT2D eigenvalue weighted by Gasteiger charge is 2.19. The lowest BCUT2D eigenvalue weighted by Gasteiger charge is -2.27. The number of rotatable bonds is 6. The van der Waals surface area contributed by atoms with Gasteiger partial charge in [0.1, 0.15) is 5.75 Å². The quantitative estimate of drug-likeness (QED) is 0.788. The number of hydrogen-bond acceptors (Lipinski definition) is 2. The first-order valence-corrected chi connectivity index (χ1v) is 7.65. The van der Waals surface area contributed by atoms with Crippen molar-refractivity contribution in [2.75, 3.05) is 26.7 Å². The minimum absolute atomic E-state index is 0. The van der Waals surface area contributed by atoms with Gasteiger partial charge in [0.15, 0.2) is 0 Å². The van der Waals surface area contributed by atoms with Crippen LogP contribution in [-0.4, -0.2) is 31.6 Å². The van der Waals surface area contributed by atoms with Crippen molar-refractivity contribution < 1.29 is 4.74 Å². The molecule has 1 aromatic rings. The number of aryl methyl sites for hydroxylation is 1. The predicted molar refractivity (Wildman–Crippen MR) is 88.2 cm³/mol. The van der Waals surface area contributed by atoms with Gasteiger partial charge < -0.3 is 9.64 Å². The Kier molecular flexibility index (Phi) is 7.39. The average molecular weight is 298 g/mol. The number of methoxy groups -OCH3 is 1. The van der Waals surface area contributed by atoms with Crippen LogP contribution in [0.3, 0.4) is 0 Å². The monoisotopic (exact) mass is 297 g/mol. The Bertz CT molecular complexity index is 404. The van der Waals surface area contributed by atoms with Crippen LogP contribution in [0.4, 0.5) is 0 Å². The van der Waals surface area contributed by atoms with Crippen molar-refractivity contribution in [2.45, 2.75) is 39.5 Å². The summed E-state index contributed by atoms with van der Waals surface area (Å²) in [5.74, 6) is 1.86. The second kappa shape index (κ2) is 8.53. The van der Waals surface area contributed by atoms with Crippen molar-refractivity contribution in [1.29, 1.82) is 0 Å². The third-order valence-corrected chi connectivity index (χ3v) is 4.49. The molecule has 0 aliphatic heterocycles. The number of halogens is 1. The zero-order chi connectivity index (χ0) is 13.7. The van der Waals surface area contributed by atoms with Crippen LogP contribution < -0.4 is 4.74 Å². The Morgan fingerprint density at radius 1 is 1.20 bits per heavy atom. The summed E-state index contributed by atoms with van der Waals surface area (Å²) in [6.07, 6.45) is 5.14. The first-order chi connectivity index (χ1) is 9.26. The number of ether oxygens (including phenoxy) is 1. The topological polar surface area (TPSA) is 12.5 Å². The summed E-state index contributed by atoms with van der Waals surface area (Å²) in [7, 11) is 1.75. The van der Waals surface area contributed by atoms with Gasteiger partial charge in [-0.05, 0) is 74.5 Å². The summed E-state index contributed by atoms with van der Waals surface area (Å²) in [5.41, 5.74) is 3.04. The lowest BCUT2D eigenvalue weighted by molar-refractivity contribution is 0.266. The Hall–Kier alpha value is -0.730. The van der Waals surface area contributed by atoms with Crippen molar-refractivity contribution in [3.63, 3.8) is 0 Å². The highest BCUT2D eigenvalue weighted by molar-refractivity contribution is 5.85. The Balaban J connectivity index is 0.00000200. The van der Waals surface area contributed by atoms with Crippen LogP contribution in [-0.2, 0) is 12.8 Å². The predicted octanol–water partition coefficient (Wildman–Crippen LogP) is 3.95. The highest BCUT2D eigenvalue weighted by Crippen LogP contribution is 2.30. The van der Waals surface area contributed by atoms with Crippen LogP contribution in [0.1, 0.15) is 37.8 Å². The first-order valence-electron chi connectivity index (χ1n) is 7.65. The van der Waals surface area contributed by atoms with Gasteiger partial charge in [0.25, 0.3) is 0 Å². The number of benzene rings is 1. The fourth-order valence-electron chi connectivity index (χ4n) is 3.09. The third-order valence-electron chi connectivity index (χ3n) is 4.49. The fourth-order valence-corrected chi connectivity index (χ4v) is 3.09. The molecule has 0 bridgehead atoms. The van der Waals surface area contributed by atoms with Crippen molar-refractivity contribution in [3.8, 4) is 5.75 Å². The van der Waals surface area contributed by atoms with E-state index in [2.05, 4.69) is 36.9 Å². The van der Waals surface area contributed by atoms with E-state index in [9.17, 15) is 0 Å². The number of fused-ring (bicyclic) bond motifs is 1. The number of nitrogens with zero attached hydrogens (tertiary/aromatic N) is 1. The standard InChI is InChI=1S/C17H27NO.ClH/c1-4-18(5-2)11-10-14-6-7-16-13-17(19-3)9-8-15(16)12-14;/h8-9,13-14H,4-7,10-12H2,1-3H3;1H. The molecule has 20 heavy (non-hydrogen) atoms. The second-order valence-electron chi connectivity index (χ2n) is 5.56. The van der Waals surface area contributed by atoms with Gasteiger partial charge in [-0.15, -0.1) is 12.4 Å². The molecule has 0 fully saturated rings. The first kappa shape index (κ1) is 17.3. The molecule has 1 aromatic carbocycles. The molecule has 0 heterocycles. The van der Waals surface area contributed by atoms with Crippen LogP contribution >= 0.6 is 12.4 Å². The zero-order valence-electron chi connectivity index (χ0n) is 13.0.